The van der Waals surface area contributed by atoms with Crippen LogP contribution in [0.1, 0.15) is 20.8 Å². The van der Waals surface area contributed by atoms with Gasteiger partial charge in [0.05, 0.1) is 0 Å². The summed E-state index contributed by atoms with van der Waals surface area (Å²) >= 11 is 0. The number of carbonyl (C=O) groups excluding carboxylic acids is 1. The Hall–Kier alpha value is -3.28. The Labute approximate surface area is 142 Å². The number of hydrazine groups is 2. The minimum absolute atomic E-state index is 0.223. The summed E-state index contributed by atoms with van der Waals surface area (Å²) in [6.45, 7) is 5.39. The highest BCUT2D eigenvalue weighted by Gasteiger charge is 2.37. The van der Waals surface area contributed by atoms with E-state index in [1.165, 1.54) is 12.1 Å². The molecule has 0 saturated carbocycles. The largest absolute Gasteiger partial charge is 0.480 e. The minimum atomic E-state index is -1.44. The molecule has 12 nitrogen and oxygen atoms in total. The van der Waals surface area contributed by atoms with Crippen molar-refractivity contribution in [2.24, 2.45) is 11.1 Å². The van der Waals surface area contributed by atoms with E-state index in [2.05, 4.69) is 0 Å². The van der Waals surface area contributed by atoms with Crippen LogP contribution in [-0.2, 0) is 4.79 Å². The number of anilines is 1. The van der Waals surface area contributed by atoms with Crippen molar-refractivity contribution in [1.29, 1.82) is 0 Å². The van der Waals surface area contributed by atoms with Crippen molar-refractivity contribution in [3.05, 3.63) is 50.6 Å². The molecule has 0 aromatic heterocycles. The molecule has 1 rings (SSSR count). The quantitative estimate of drug-likeness (QED) is 0.532. The van der Waals surface area contributed by atoms with Crippen LogP contribution < -0.4 is 11.1 Å². The summed E-state index contributed by atoms with van der Waals surface area (Å²) in [7, 11) is 0. The Morgan fingerprint density at radius 1 is 1.16 bits per heavy atom. The van der Waals surface area contributed by atoms with Crippen molar-refractivity contribution in [1.82, 2.24) is 5.12 Å². The fourth-order valence-electron chi connectivity index (χ4n) is 1.27. The van der Waals surface area contributed by atoms with Gasteiger partial charge in [-0.25, -0.2) is 25.0 Å². The summed E-state index contributed by atoms with van der Waals surface area (Å²) < 4.78 is 0. The molecule has 1 aromatic carbocycles. The molecule has 4 N–H and O–H groups in total. The maximum absolute atomic E-state index is 11.1. The van der Waals surface area contributed by atoms with E-state index >= 15 is 0 Å². The van der Waals surface area contributed by atoms with Crippen LogP contribution in [0.4, 0.5) is 10.5 Å². The molecule has 0 fully saturated rings. The summed E-state index contributed by atoms with van der Waals surface area (Å²) in [4.78, 5) is 41.8. The van der Waals surface area contributed by atoms with Gasteiger partial charge in [0.1, 0.15) is 6.04 Å². The van der Waals surface area contributed by atoms with E-state index in [-0.39, 0.29) is 11.1 Å². The highest BCUT2D eigenvalue weighted by Crippen LogP contribution is 2.16. The van der Waals surface area contributed by atoms with Crippen molar-refractivity contribution in [2.45, 2.75) is 26.8 Å². The molecule has 25 heavy (non-hydrogen) atoms. The fraction of sp³-hybridized carbons (Fsp3) is 0.385. The van der Waals surface area contributed by atoms with E-state index in [9.17, 15) is 29.8 Å². The molecule has 0 unspecified atom stereocenters. The van der Waals surface area contributed by atoms with Crippen molar-refractivity contribution < 1.29 is 24.8 Å². The van der Waals surface area contributed by atoms with E-state index in [0.29, 0.717) is 0 Å². The van der Waals surface area contributed by atoms with Gasteiger partial charge >= 0.3 is 12.0 Å². The lowest BCUT2D eigenvalue weighted by molar-refractivity contribution is -0.882. The molecule has 0 bridgehead atoms. The monoisotopic (exact) mass is 357 g/mol. The lowest BCUT2D eigenvalue weighted by Gasteiger charge is -2.22. The summed E-state index contributed by atoms with van der Waals surface area (Å²) in [5.41, 5.74) is 5.18. The first-order chi connectivity index (χ1) is 11.4. The number of rotatable bonds is 4. The van der Waals surface area contributed by atoms with Gasteiger partial charge in [-0.05, 0) is 17.5 Å². The highest BCUT2D eigenvalue weighted by molar-refractivity contribution is 5.87. The van der Waals surface area contributed by atoms with Crippen LogP contribution in [0.2, 0.25) is 0 Å². The number of amides is 2. The van der Waals surface area contributed by atoms with Crippen LogP contribution in [0.5, 0.6) is 0 Å². The molecule has 0 spiro atoms. The third-order valence-electron chi connectivity index (χ3n) is 2.72. The van der Waals surface area contributed by atoms with E-state index in [1.807, 2.05) is 5.32 Å². The number of carboxylic acid groups (broad SMARTS) is 1. The van der Waals surface area contributed by atoms with Gasteiger partial charge in [0.2, 0.25) is 10.1 Å². The van der Waals surface area contributed by atoms with Crippen molar-refractivity contribution in [3.8, 4) is 0 Å². The molecule has 12 heteroatoms. The Balaban J connectivity index is 0.000000547. The van der Waals surface area contributed by atoms with Crippen molar-refractivity contribution in [3.63, 3.8) is 0 Å². The van der Waals surface area contributed by atoms with Crippen LogP contribution >= 0.6 is 0 Å². The number of para-hydroxylation sites is 1. The molecule has 0 saturated heterocycles. The van der Waals surface area contributed by atoms with Crippen LogP contribution in [-0.4, -0.2) is 38.3 Å². The molecule has 0 heterocycles. The fourth-order valence-corrected chi connectivity index (χ4v) is 1.27. The number of nitro groups is 2. The predicted octanol–water partition coefficient (Wildman–Crippen LogP) is 1.35. The number of nitrogens with two attached hydrogens (primary N) is 1. The first kappa shape index (κ1) is 21.7. The van der Waals surface area contributed by atoms with Gasteiger partial charge in [0.15, 0.2) is 0 Å². The maximum atomic E-state index is 11.1. The molecule has 1 atom stereocenters. The number of carboxylic acids is 1. The van der Waals surface area contributed by atoms with Crippen LogP contribution in [0.3, 0.4) is 0 Å². The van der Waals surface area contributed by atoms with Crippen LogP contribution in [0.25, 0.3) is 0 Å². The third kappa shape index (κ3) is 7.69. The summed E-state index contributed by atoms with van der Waals surface area (Å²) in [5.74, 6) is -0.942. The lowest BCUT2D eigenvalue weighted by Crippen LogP contribution is -2.43. The molecular weight excluding hydrogens is 338 g/mol. The average molecular weight is 357 g/mol. The summed E-state index contributed by atoms with van der Waals surface area (Å²) in [5, 5.41) is 27.2. The predicted molar refractivity (Wildman–Crippen MR) is 86.4 cm³/mol. The second kappa shape index (κ2) is 9.12. The number of benzene rings is 1. The Kier molecular flexibility index (Phi) is 7.93. The summed E-state index contributed by atoms with van der Waals surface area (Å²) in [6.07, 6.45) is 0. The zero-order chi connectivity index (χ0) is 19.8. The van der Waals surface area contributed by atoms with Gasteiger partial charge in [-0.3, -0.25) is 10.1 Å². The van der Waals surface area contributed by atoms with E-state index < -0.39 is 33.2 Å². The number of aliphatic carboxylic acids is 1. The average Bonchev–Trinajstić information content (AvgIpc) is 2.46. The Bertz CT molecular complexity index is 615. The Morgan fingerprint density at radius 3 is 1.88 bits per heavy atom. The van der Waals surface area contributed by atoms with Gasteiger partial charge in [-0.2, -0.15) is 0 Å². The molecule has 2 amide bonds. The first-order valence-electron chi connectivity index (χ1n) is 6.81. The molecule has 1 aromatic rings. The number of urea groups is 1. The second-order valence-corrected chi connectivity index (χ2v) is 5.74. The standard InChI is InChI=1S/C7H6N4O5.C6H13NO2/c12-7(9(10(13)14)11(15)16)8-6-4-2-1-3-5-6;1-6(2,3)4(7)5(8)9/h1-5H,(H,8,12);4H,7H2,1-3H3,(H,8,9)/t;4-/m.1/s1. The molecular formula is C13H19N5O7. The maximum Gasteiger partial charge on any atom is 0.455 e. The normalized spacial score (nSPS) is 11.4. The van der Waals surface area contributed by atoms with E-state index in [4.69, 9.17) is 10.8 Å². The molecule has 0 aliphatic rings. The minimum Gasteiger partial charge on any atom is -0.480 e. The lowest BCUT2D eigenvalue weighted by atomic mass is 9.88. The molecule has 0 radical (unpaired) electrons. The van der Waals surface area contributed by atoms with Crippen molar-refractivity contribution >= 4 is 17.7 Å². The molecule has 0 aliphatic carbocycles. The number of hydrogen-bond acceptors (Lipinski definition) is 7. The van der Waals surface area contributed by atoms with Gasteiger partial charge in [-0.1, -0.05) is 39.0 Å². The SMILES string of the molecule is CC(C)(C)[C@H](N)C(=O)O.O=C(Nc1ccccc1)N([N+](=O)[O-])[N+](=O)[O-]. The number of nitrogens with one attached hydrogen (secondary N) is 1. The van der Waals surface area contributed by atoms with Crippen molar-refractivity contribution in [2.75, 3.05) is 5.32 Å². The van der Waals surface area contributed by atoms with E-state index in [1.54, 1.807) is 39.0 Å². The third-order valence-corrected chi connectivity index (χ3v) is 2.72. The highest BCUT2D eigenvalue weighted by atomic mass is 16.8. The number of nitrogens with zero attached hydrogens (tertiary/aromatic N) is 3. The second-order valence-electron chi connectivity index (χ2n) is 5.74. The molecule has 0 aliphatic heterocycles. The van der Waals surface area contributed by atoms with Gasteiger partial charge in [-0.15, -0.1) is 0 Å². The number of carbonyl (C=O) groups is 2. The van der Waals surface area contributed by atoms with E-state index in [0.717, 1.165) is 0 Å². The van der Waals surface area contributed by atoms with Gasteiger partial charge in [0.25, 0.3) is 5.12 Å². The van der Waals surface area contributed by atoms with Crippen LogP contribution in [0, 0.1) is 25.6 Å². The topological polar surface area (TPSA) is 182 Å². The summed E-state index contributed by atoms with van der Waals surface area (Å²) in [6, 6.07) is 5.47. The zero-order valence-corrected chi connectivity index (χ0v) is 13.8. The van der Waals surface area contributed by atoms with Gasteiger partial charge in [0, 0.05) is 5.69 Å². The van der Waals surface area contributed by atoms with Crippen LogP contribution in [0.15, 0.2) is 30.3 Å². The Morgan fingerprint density at radius 2 is 1.60 bits per heavy atom. The smallest absolute Gasteiger partial charge is 0.455 e. The van der Waals surface area contributed by atoms with Gasteiger partial charge < -0.3 is 10.8 Å². The first-order valence-corrected chi connectivity index (χ1v) is 6.81. The number of hydrogen-bond donors (Lipinski definition) is 3. The zero-order valence-electron chi connectivity index (χ0n) is 13.8. The molecule has 138 valence electrons.